The minimum Gasteiger partial charge on any atom is -0.289 e. The van der Waals surface area contributed by atoms with E-state index in [9.17, 15) is 0 Å². The second kappa shape index (κ2) is 2.91. The Morgan fingerprint density at radius 2 is 2.33 bits per heavy atom. The second-order valence-electron chi connectivity index (χ2n) is 0.848. The van der Waals surface area contributed by atoms with Crippen LogP contribution in [0.1, 0.15) is 6.92 Å². The predicted octanol–water partition coefficient (Wildman–Crippen LogP) is 1.78. The molecule has 0 atom stereocenters. The van der Waals surface area contributed by atoms with E-state index in [1.165, 1.54) is 6.08 Å². The van der Waals surface area contributed by atoms with E-state index in [1.807, 2.05) is 6.92 Å². The Hall–Kier alpha value is -0.300. The van der Waals surface area contributed by atoms with Crippen LogP contribution in [0.25, 0.3) is 0 Å². The van der Waals surface area contributed by atoms with Crippen molar-refractivity contribution < 1.29 is 0 Å². The van der Waals surface area contributed by atoms with Crippen molar-refractivity contribution in [2.24, 2.45) is 0 Å². The second-order valence-corrected chi connectivity index (χ2v) is 1.26. The van der Waals surface area contributed by atoms with Crippen molar-refractivity contribution in [1.82, 2.24) is 0 Å². The van der Waals surface area contributed by atoms with Gasteiger partial charge in [-0.25, -0.2) is 0 Å². The van der Waals surface area contributed by atoms with Gasteiger partial charge in [0.2, 0.25) is 0 Å². The number of rotatable bonds is 1. The van der Waals surface area contributed by atoms with Crippen LogP contribution in [-0.4, -0.2) is 5.17 Å². The summed E-state index contributed by atoms with van der Waals surface area (Å²) in [6, 6.07) is 0. The molecule has 0 saturated carbocycles. The van der Waals surface area contributed by atoms with Gasteiger partial charge in [-0.3, -0.25) is 5.41 Å². The van der Waals surface area contributed by atoms with Crippen molar-refractivity contribution in [3.8, 4) is 0 Å². The van der Waals surface area contributed by atoms with Crippen LogP contribution in [-0.2, 0) is 0 Å². The maximum atomic E-state index is 6.57. The van der Waals surface area contributed by atoms with E-state index in [4.69, 9.17) is 17.0 Å². The molecule has 0 aromatic carbocycles. The van der Waals surface area contributed by atoms with Crippen molar-refractivity contribution >= 4 is 16.8 Å². The SMILES string of the molecule is C/C=C\C(=N)Cl. The van der Waals surface area contributed by atoms with Gasteiger partial charge in [-0.2, -0.15) is 0 Å². The monoisotopic (exact) mass is 103 g/mol. The Morgan fingerprint density at radius 1 is 1.83 bits per heavy atom. The summed E-state index contributed by atoms with van der Waals surface area (Å²) >= 11 is 5.07. The van der Waals surface area contributed by atoms with Gasteiger partial charge < -0.3 is 0 Å². The highest BCUT2D eigenvalue weighted by Crippen LogP contribution is 1.79. The molecular weight excluding hydrogens is 97.5 g/mol. The number of nitrogens with one attached hydrogen (secondary N) is 1. The molecule has 34 valence electrons. The lowest BCUT2D eigenvalue weighted by Crippen LogP contribution is -1.68. The summed E-state index contributed by atoms with van der Waals surface area (Å²) in [6.07, 6.45) is 3.23. The highest BCUT2D eigenvalue weighted by atomic mass is 35.5. The third kappa shape index (κ3) is 3.70. The van der Waals surface area contributed by atoms with Gasteiger partial charge in [-0.15, -0.1) is 0 Å². The Morgan fingerprint density at radius 3 is 2.33 bits per heavy atom. The summed E-state index contributed by atoms with van der Waals surface area (Å²) in [5.41, 5.74) is 0. The molecule has 0 fully saturated rings. The summed E-state index contributed by atoms with van der Waals surface area (Å²) < 4.78 is 0. The molecule has 0 spiro atoms. The lowest BCUT2D eigenvalue weighted by Gasteiger charge is -1.70. The number of hydrogen-bond donors (Lipinski definition) is 1. The smallest absolute Gasteiger partial charge is 0.120 e. The molecule has 1 nitrogen and oxygen atoms in total. The van der Waals surface area contributed by atoms with E-state index in [-0.39, 0.29) is 5.17 Å². The van der Waals surface area contributed by atoms with E-state index in [0.717, 1.165) is 0 Å². The first kappa shape index (κ1) is 5.70. The minimum absolute atomic E-state index is 0.0810. The summed E-state index contributed by atoms with van der Waals surface area (Å²) in [5, 5.41) is 6.65. The van der Waals surface area contributed by atoms with Gasteiger partial charge in [0, 0.05) is 0 Å². The van der Waals surface area contributed by atoms with Gasteiger partial charge in [0.15, 0.2) is 0 Å². The Labute approximate surface area is 42.1 Å². The zero-order chi connectivity index (χ0) is 4.99. The van der Waals surface area contributed by atoms with E-state index in [0.29, 0.717) is 0 Å². The zero-order valence-corrected chi connectivity index (χ0v) is 4.29. The molecule has 0 aliphatic rings. The molecule has 0 aromatic rings. The lowest BCUT2D eigenvalue weighted by atomic mass is 10.6. The topological polar surface area (TPSA) is 23.9 Å². The van der Waals surface area contributed by atoms with Crippen molar-refractivity contribution in [2.75, 3.05) is 0 Å². The molecule has 0 aliphatic heterocycles. The standard InChI is InChI=1S/C4H6ClN/c1-2-3-4(5)6/h2-3,6H,1H3/b3-2-,6-4?. The van der Waals surface area contributed by atoms with Crippen molar-refractivity contribution in [3.05, 3.63) is 12.2 Å². The number of halogens is 1. The molecule has 0 aromatic heterocycles. The quantitative estimate of drug-likeness (QED) is 0.489. The van der Waals surface area contributed by atoms with Crippen molar-refractivity contribution in [3.63, 3.8) is 0 Å². The van der Waals surface area contributed by atoms with Gasteiger partial charge in [0.1, 0.15) is 5.17 Å². The molecule has 0 unspecified atom stereocenters. The van der Waals surface area contributed by atoms with Gasteiger partial charge >= 0.3 is 0 Å². The fraction of sp³-hybridized carbons (Fsp3) is 0.250. The summed E-state index contributed by atoms with van der Waals surface area (Å²) in [4.78, 5) is 0. The van der Waals surface area contributed by atoms with Gasteiger partial charge in [0.05, 0.1) is 0 Å². The largest absolute Gasteiger partial charge is 0.289 e. The van der Waals surface area contributed by atoms with Crippen LogP contribution in [0, 0.1) is 5.41 Å². The minimum atomic E-state index is 0.0810. The maximum absolute atomic E-state index is 6.57. The normalized spacial score (nSPS) is 9.67. The van der Waals surface area contributed by atoms with E-state index >= 15 is 0 Å². The average molecular weight is 104 g/mol. The van der Waals surface area contributed by atoms with Crippen LogP contribution in [0.2, 0.25) is 0 Å². The molecule has 0 radical (unpaired) electrons. The van der Waals surface area contributed by atoms with Crippen LogP contribution >= 0.6 is 11.6 Å². The summed E-state index contributed by atoms with van der Waals surface area (Å²) in [7, 11) is 0. The van der Waals surface area contributed by atoms with Crippen molar-refractivity contribution in [1.29, 1.82) is 5.41 Å². The van der Waals surface area contributed by atoms with Crippen LogP contribution in [0.5, 0.6) is 0 Å². The summed E-state index contributed by atoms with van der Waals surface area (Å²) in [6.45, 7) is 1.82. The number of allylic oxidation sites excluding steroid dienone is 2. The average Bonchev–Trinajstić information content (AvgIpc) is 1.35. The summed E-state index contributed by atoms with van der Waals surface area (Å²) in [5.74, 6) is 0. The molecule has 0 rings (SSSR count). The number of hydrogen-bond acceptors (Lipinski definition) is 1. The predicted molar refractivity (Wildman–Crippen MR) is 28.4 cm³/mol. The first-order valence-electron chi connectivity index (χ1n) is 1.64. The van der Waals surface area contributed by atoms with Crippen LogP contribution < -0.4 is 0 Å². The van der Waals surface area contributed by atoms with E-state index in [1.54, 1.807) is 6.08 Å². The van der Waals surface area contributed by atoms with Crippen LogP contribution in [0.3, 0.4) is 0 Å². The Bertz CT molecular complexity index is 75.6. The Kier molecular flexibility index (Phi) is 2.77. The van der Waals surface area contributed by atoms with Crippen LogP contribution in [0.4, 0.5) is 0 Å². The fourth-order valence-corrected chi connectivity index (χ4v) is 0.272. The highest BCUT2D eigenvalue weighted by Gasteiger charge is 1.70. The molecule has 0 bridgehead atoms. The zero-order valence-electron chi connectivity index (χ0n) is 3.53. The van der Waals surface area contributed by atoms with Gasteiger partial charge in [-0.05, 0) is 13.0 Å². The molecule has 1 N–H and O–H groups in total. The van der Waals surface area contributed by atoms with Crippen molar-refractivity contribution in [2.45, 2.75) is 6.92 Å². The van der Waals surface area contributed by atoms with E-state index in [2.05, 4.69) is 0 Å². The highest BCUT2D eigenvalue weighted by molar-refractivity contribution is 6.67. The Balaban J connectivity index is 3.30. The first-order chi connectivity index (χ1) is 2.77. The molecule has 2 heteroatoms. The molecule has 0 aliphatic carbocycles. The molecule has 0 heterocycles. The molecule has 6 heavy (non-hydrogen) atoms. The van der Waals surface area contributed by atoms with Gasteiger partial charge in [-0.1, -0.05) is 17.7 Å². The molecular formula is C4H6ClN. The van der Waals surface area contributed by atoms with Gasteiger partial charge in [0.25, 0.3) is 0 Å². The fourth-order valence-electron chi connectivity index (χ4n) is 0.146. The first-order valence-corrected chi connectivity index (χ1v) is 2.02. The lowest BCUT2D eigenvalue weighted by molar-refractivity contribution is 1.56. The van der Waals surface area contributed by atoms with Crippen LogP contribution in [0.15, 0.2) is 12.2 Å². The third-order valence-electron chi connectivity index (χ3n) is 0.313. The van der Waals surface area contributed by atoms with E-state index < -0.39 is 0 Å². The third-order valence-corrected chi connectivity index (χ3v) is 0.439. The molecule has 0 amide bonds. The molecule has 0 saturated heterocycles. The maximum Gasteiger partial charge on any atom is 0.120 e.